The van der Waals surface area contributed by atoms with Crippen LogP contribution in [0.2, 0.25) is 0 Å². The van der Waals surface area contributed by atoms with Gasteiger partial charge >= 0.3 is 0 Å². The molecule has 2 aromatic heterocycles. The molecule has 2 aromatic carbocycles. The zero-order chi connectivity index (χ0) is 30.1. The van der Waals surface area contributed by atoms with Gasteiger partial charge in [-0.15, -0.1) is 22.7 Å². The lowest BCUT2D eigenvalue weighted by molar-refractivity contribution is -0.123. The molecule has 0 aliphatic rings. The highest BCUT2D eigenvalue weighted by molar-refractivity contribution is 7.17. The van der Waals surface area contributed by atoms with Gasteiger partial charge in [-0.3, -0.25) is 14.4 Å². The van der Waals surface area contributed by atoms with Crippen molar-refractivity contribution in [1.29, 1.82) is 5.26 Å². The summed E-state index contributed by atoms with van der Waals surface area (Å²) in [6.45, 7) is 1.58. The standard InChI is InChI=1S/C30H28FN5O4S2/c1-18(37)6-12-24(36-28(40)25-17-34-29(42-25)22-5-3-2-4-20(22)16-32)27(39)35-23(26(38)30-33-14-15-41-30)13-9-19-7-10-21(31)11-8-19/h2-5,7-8,10-11,14-15,17-18,23-24,37H,6,9,12-13H2,1H3,(H,35,39)(H,36,40)/t18?,23-,24-/m0/s1. The fourth-order valence-corrected chi connectivity index (χ4v) is 5.66. The largest absolute Gasteiger partial charge is 0.393 e. The minimum atomic E-state index is -1.05. The van der Waals surface area contributed by atoms with E-state index in [0.717, 1.165) is 28.2 Å². The van der Waals surface area contributed by atoms with Crippen LogP contribution in [0.3, 0.4) is 0 Å². The molecule has 0 aliphatic heterocycles. The second kappa shape index (κ2) is 14.5. The van der Waals surface area contributed by atoms with Gasteiger partial charge in [-0.2, -0.15) is 5.26 Å². The van der Waals surface area contributed by atoms with Crippen molar-refractivity contribution in [2.24, 2.45) is 0 Å². The molecule has 0 spiro atoms. The summed E-state index contributed by atoms with van der Waals surface area (Å²) < 4.78 is 13.4. The number of carbonyl (C=O) groups excluding carboxylic acids is 3. The van der Waals surface area contributed by atoms with Crippen LogP contribution in [0.15, 0.2) is 66.3 Å². The third kappa shape index (κ3) is 8.13. The van der Waals surface area contributed by atoms with Crippen molar-refractivity contribution in [2.75, 3.05) is 0 Å². The van der Waals surface area contributed by atoms with Crippen LogP contribution in [0.4, 0.5) is 4.39 Å². The fourth-order valence-electron chi connectivity index (χ4n) is 4.17. The van der Waals surface area contributed by atoms with Gasteiger partial charge in [0.25, 0.3) is 5.91 Å². The highest BCUT2D eigenvalue weighted by Crippen LogP contribution is 2.28. The van der Waals surface area contributed by atoms with Crippen LogP contribution in [0.5, 0.6) is 0 Å². The molecule has 216 valence electrons. The zero-order valence-electron chi connectivity index (χ0n) is 22.6. The van der Waals surface area contributed by atoms with Gasteiger partial charge in [0.05, 0.1) is 30.0 Å². The third-order valence-corrected chi connectivity index (χ3v) is 8.23. The molecule has 0 saturated carbocycles. The number of rotatable bonds is 13. The molecule has 1 unspecified atom stereocenters. The third-order valence-electron chi connectivity index (χ3n) is 6.41. The van der Waals surface area contributed by atoms with Crippen molar-refractivity contribution in [2.45, 2.75) is 50.8 Å². The number of carbonyl (C=O) groups is 3. The first kappa shape index (κ1) is 30.6. The number of Topliss-reactive ketones (excluding diaryl/α,β-unsaturated/α-hetero) is 1. The summed E-state index contributed by atoms with van der Waals surface area (Å²) in [5.74, 6) is -1.88. The molecule has 3 atom stereocenters. The first-order chi connectivity index (χ1) is 20.2. The first-order valence-corrected chi connectivity index (χ1v) is 14.9. The molecular weight excluding hydrogens is 577 g/mol. The molecule has 2 amide bonds. The van der Waals surface area contributed by atoms with Crippen LogP contribution < -0.4 is 10.6 Å². The van der Waals surface area contributed by atoms with E-state index in [0.29, 0.717) is 22.6 Å². The van der Waals surface area contributed by atoms with E-state index in [1.807, 2.05) is 0 Å². The molecule has 2 heterocycles. The highest BCUT2D eigenvalue weighted by Gasteiger charge is 2.29. The van der Waals surface area contributed by atoms with E-state index < -0.39 is 30.0 Å². The lowest BCUT2D eigenvalue weighted by atomic mass is 10.0. The maximum Gasteiger partial charge on any atom is 0.263 e. The molecule has 0 saturated heterocycles. The molecule has 9 nitrogen and oxygen atoms in total. The van der Waals surface area contributed by atoms with Crippen molar-refractivity contribution >= 4 is 40.3 Å². The minimum Gasteiger partial charge on any atom is -0.393 e. The number of aliphatic hydroxyl groups is 1. The number of aliphatic hydroxyl groups excluding tert-OH is 1. The normalized spacial score (nSPS) is 13.0. The fraction of sp³-hybridized carbons (Fsp3) is 0.267. The Morgan fingerprint density at radius 3 is 2.48 bits per heavy atom. The van der Waals surface area contributed by atoms with E-state index in [1.54, 1.807) is 48.7 Å². The van der Waals surface area contributed by atoms with Gasteiger partial charge in [0, 0.05) is 17.1 Å². The number of nitrogens with zero attached hydrogens (tertiary/aromatic N) is 3. The van der Waals surface area contributed by atoms with Crippen molar-refractivity contribution in [3.8, 4) is 16.6 Å². The summed E-state index contributed by atoms with van der Waals surface area (Å²) in [6.07, 6.45) is 3.12. The zero-order valence-corrected chi connectivity index (χ0v) is 24.3. The summed E-state index contributed by atoms with van der Waals surface area (Å²) in [6, 6.07) is 12.9. The summed E-state index contributed by atoms with van der Waals surface area (Å²) >= 11 is 2.24. The molecule has 42 heavy (non-hydrogen) atoms. The lowest BCUT2D eigenvalue weighted by Gasteiger charge is -2.23. The second-order valence-corrected chi connectivity index (χ2v) is 11.5. The van der Waals surface area contributed by atoms with E-state index in [4.69, 9.17) is 0 Å². The lowest BCUT2D eigenvalue weighted by Crippen LogP contribution is -2.51. The van der Waals surface area contributed by atoms with E-state index in [1.165, 1.54) is 24.5 Å². The predicted octanol–water partition coefficient (Wildman–Crippen LogP) is 4.54. The number of ketones is 1. The number of thiazole rings is 2. The number of nitrogens with one attached hydrogen (secondary N) is 2. The number of nitriles is 1. The number of amides is 2. The van der Waals surface area contributed by atoms with E-state index in [9.17, 15) is 29.1 Å². The Hall–Kier alpha value is -4.31. The molecule has 12 heteroatoms. The number of hydrogen-bond acceptors (Lipinski definition) is 9. The Bertz CT molecular complexity index is 1570. The Balaban J connectivity index is 1.51. The van der Waals surface area contributed by atoms with Crippen LogP contribution in [-0.2, 0) is 11.2 Å². The van der Waals surface area contributed by atoms with Crippen molar-refractivity contribution < 1.29 is 23.9 Å². The average molecular weight is 606 g/mol. The topological polar surface area (TPSA) is 145 Å². The van der Waals surface area contributed by atoms with Gasteiger partial charge in [-0.25, -0.2) is 14.4 Å². The molecule has 3 N–H and O–H groups in total. The van der Waals surface area contributed by atoms with Crippen LogP contribution in [-0.4, -0.2) is 50.9 Å². The van der Waals surface area contributed by atoms with Crippen molar-refractivity contribution in [1.82, 2.24) is 20.6 Å². The summed E-state index contributed by atoms with van der Waals surface area (Å²) in [5, 5.41) is 27.1. The second-order valence-electron chi connectivity index (χ2n) is 9.57. The maximum absolute atomic E-state index is 13.5. The van der Waals surface area contributed by atoms with Crippen LogP contribution in [0.25, 0.3) is 10.6 Å². The van der Waals surface area contributed by atoms with Crippen molar-refractivity contribution in [3.63, 3.8) is 0 Å². The summed E-state index contributed by atoms with van der Waals surface area (Å²) in [4.78, 5) is 48.6. The minimum absolute atomic E-state index is 0.119. The van der Waals surface area contributed by atoms with Gasteiger partial charge < -0.3 is 15.7 Å². The van der Waals surface area contributed by atoms with Crippen LogP contribution >= 0.6 is 22.7 Å². The van der Waals surface area contributed by atoms with Crippen molar-refractivity contribution in [3.05, 3.63) is 93.1 Å². The Kier molecular flexibility index (Phi) is 10.6. The quantitative estimate of drug-likeness (QED) is 0.190. The predicted molar refractivity (Wildman–Crippen MR) is 158 cm³/mol. The molecule has 0 aliphatic carbocycles. The molecule has 4 rings (SSSR count). The van der Waals surface area contributed by atoms with Gasteiger partial charge in [0.1, 0.15) is 21.7 Å². The van der Waals surface area contributed by atoms with Crippen LogP contribution in [0.1, 0.15) is 56.8 Å². The van der Waals surface area contributed by atoms with Gasteiger partial charge in [-0.05, 0) is 56.4 Å². The monoisotopic (exact) mass is 605 g/mol. The maximum atomic E-state index is 13.5. The van der Waals surface area contributed by atoms with Gasteiger partial charge in [-0.1, -0.05) is 30.3 Å². The molecular formula is C30H28FN5O4S2. The van der Waals surface area contributed by atoms with Crippen LogP contribution in [0, 0.1) is 17.1 Å². The number of benzene rings is 2. The smallest absolute Gasteiger partial charge is 0.263 e. The first-order valence-electron chi connectivity index (χ1n) is 13.2. The van der Waals surface area contributed by atoms with E-state index >= 15 is 0 Å². The SMILES string of the molecule is CC(O)CC[C@H](NC(=O)c1cnc(-c2ccccc2C#N)s1)C(=O)N[C@@H](CCc1ccc(F)cc1)C(=O)c1nccs1. The molecule has 0 radical (unpaired) electrons. The Morgan fingerprint density at radius 2 is 1.79 bits per heavy atom. The Labute approximate surface area is 250 Å². The Morgan fingerprint density at radius 1 is 1.02 bits per heavy atom. The van der Waals surface area contributed by atoms with E-state index in [2.05, 4.69) is 26.7 Å². The summed E-state index contributed by atoms with van der Waals surface area (Å²) in [7, 11) is 0. The van der Waals surface area contributed by atoms with E-state index in [-0.39, 0.29) is 40.7 Å². The molecule has 0 fully saturated rings. The summed E-state index contributed by atoms with van der Waals surface area (Å²) in [5.41, 5.74) is 1.81. The highest BCUT2D eigenvalue weighted by atomic mass is 32.1. The average Bonchev–Trinajstić information content (AvgIpc) is 3.71. The number of aryl methyl sites for hydroxylation is 1. The molecule has 0 bridgehead atoms. The van der Waals surface area contributed by atoms with Gasteiger partial charge in [0.15, 0.2) is 5.01 Å². The number of halogens is 1. The van der Waals surface area contributed by atoms with Gasteiger partial charge in [0.2, 0.25) is 11.7 Å². The molecule has 4 aromatic rings. The number of aromatic nitrogens is 2. The number of hydrogen-bond donors (Lipinski definition) is 3.